The average molecular weight is 213 g/mol. The molecule has 1 rings (SSSR count). The summed E-state index contributed by atoms with van der Waals surface area (Å²) in [6.07, 6.45) is 2.91. The summed E-state index contributed by atoms with van der Waals surface area (Å²) in [6, 6.07) is 0. The van der Waals surface area contributed by atoms with Crippen LogP contribution < -0.4 is 5.32 Å². The quantitative estimate of drug-likeness (QED) is 0.727. The van der Waals surface area contributed by atoms with Crippen molar-refractivity contribution in [3.05, 3.63) is 0 Å². The third kappa shape index (κ3) is 3.49. The van der Waals surface area contributed by atoms with Gasteiger partial charge in [-0.05, 0) is 45.6 Å². The molecule has 1 N–H and O–H groups in total. The first-order valence-corrected chi connectivity index (χ1v) is 5.90. The minimum Gasteiger partial charge on any atom is -0.461 e. The van der Waals surface area contributed by atoms with E-state index in [2.05, 4.69) is 19.2 Å². The SMILES string of the molecule is CC(C)CC(C)OC(=O)C1(C)CCCN1. The summed E-state index contributed by atoms with van der Waals surface area (Å²) < 4.78 is 5.45. The largest absolute Gasteiger partial charge is 0.461 e. The molecule has 0 radical (unpaired) electrons. The summed E-state index contributed by atoms with van der Waals surface area (Å²) in [5.74, 6) is 0.477. The van der Waals surface area contributed by atoms with Gasteiger partial charge < -0.3 is 10.1 Å². The van der Waals surface area contributed by atoms with Crippen molar-refractivity contribution in [3.63, 3.8) is 0 Å². The van der Waals surface area contributed by atoms with Gasteiger partial charge in [0.05, 0.1) is 6.10 Å². The highest BCUT2D eigenvalue weighted by atomic mass is 16.5. The van der Waals surface area contributed by atoms with Crippen molar-refractivity contribution in [3.8, 4) is 0 Å². The van der Waals surface area contributed by atoms with Crippen LogP contribution in [0.5, 0.6) is 0 Å². The highest BCUT2D eigenvalue weighted by Gasteiger charge is 2.38. The maximum Gasteiger partial charge on any atom is 0.326 e. The Bertz CT molecular complexity index is 220. The van der Waals surface area contributed by atoms with Gasteiger partial charge in [0.15, 0.2) is 0 Å². The van der Waals surface area contributed by atoms with E-state index >= 15 is 0 Å². The molecule has 1 heterocycles. The molecule has 0 aromatic heterocycles. The second-order valence-corrected chi connectivity index (χ2v) is 5.21. The Balaban J connectivity index is 2.40. The van der Waals surface area contributed by atoms with Crippen molar-refractivity contribution in [1.29, 1.82) is 0 Å². The maximum atomic E-state index is 11.9. The smallest absolute Gasteiger partial charge is 0.326 e. The molecule has 0 aromatic carbocycles. The molecule has 0 aliphatic carbocycles. The van der Waals surface area contributed by atoms with Crippen molar-refractivity contribution in [2.24, 2.45) is 5.92 Å². The fraction of sp³-hybridized carbons (Fsp3) is 0.917. The van der Waals surface area contributed by atoms with E-state index in [1.807, 2.05) is 13.8 Å². The highest BCUT2D eigenvalue weighted by Crippen LogP contribution is 2.21. The van der Waals surface area contributed by atoms with Gasteiger partial charge in [0.1, 0.15) is 5.54 Å². The van der Waals surface area contributed by atoms with E-state index in [0.717, 1.165) is 25.8 Å². The fourth-order valence-corrected chi connectivity index (χ4v) is 2.09. The third-order valence-electron chi connectivity index (χ3n) is 2.93. The normalized spacial score (nSPS) is 28.1. The van der Waals surface area contributed by atoms with Gasteiger partial charge in [-0.1, -0.05) is 13.8 Å². The van der Waals surface area contributed by atoms with E-state index in [0.29, 0.717) is 5.92 Å². The van der Waals surface area contributed by atoms with Crippen LogP contribution in [-0.4, -0.2) is 24.2 Å². The Morgan fingerprint density at radius 3 is 2.60 bits per heavy atom. The molecule has 0 saturated carbocycles. The number of esters is 1. The molecule has 2 atom stereocenters. The van der Waals surface area contributed by atoms with Crippen LogP contribution in [0.15, 0.2) is 0 Å². The summed E-state index contributed by atoms with van der Waals surface area (Å²) in [4.78, 5) is 11.9. The average Bonchev–Trinajstić information content (AvgIpc) is 2.51. The molecule has 1 fully saturated rings. The first-order chi connectivity index (χ1) is 6.94. The van der Waals surface area contributed by atoms with Crippen LogP contribution in [-0.2, 0) is 9.53 Å². The van der Waals surface area contributed by atoms with Crippen LogP contribution in [0.2, 0.25) is 0 Å². The van der Waals surface area contributed by atoms with E-state index in [9.17, 15) is 4.79 Å². The van der Waals surface area contributed by atoms with Gasteiger partial charge in [-0.3, -0.25) is 4.79 Å². The lowest BCUT2D eigenvalue weighted by Crippen LogP contribution is -2.46. The van der Waals surface area contributed by atoms with Crippen molar-refractivity contribution >= 4 is 5.97 Å². The Morgan fingerprint density at radius 2 is 2.13 bits per heavy atom. The minimum absolute atomic E-state index is 0.0247. The number of rotatable bonds is 4. The summed E-state index contributed by atoms with van der Waals surface area (Å²) in [5, 5.41) is 3.22. The molecule has 0 amide bonds. The maximum absolute atomic E-state index is 11.9. The summed E-state index contributed by atoms with van der Waals surface area (Å²) in [7, 11) is 0. The van der Waals surface area contributed by atoms with Gasteiger partial charge >= 0.3 is 5.97 Å². The first kappa shape index (κ1) is 12.5. The molecule has 0 bridgehead atoms. The Labute approximate surface area is 92.6 Å². The highest BCUT2D eigenvalue weighted by molar-refractivity contribution is 5.80. The lowest BCUT2D eigenvalue weighted by Gasteiger charge is -2.25. The number of carbonyl (C=O) groups excluding carboxylic acids is 1. The molecule has 15 heavy (non-hydrogen) atoms. The molecule has 3 nitrogen and oxygen atoms in total. The number of hydrogen-bond donors (Lipinski definition) is 1. The monoisotopic (exact) mass is 213 g/mol. The van der Waals surface area contributed by atoms with Crippen molar-refractivity contribution in [1.82, 2.24) is 5.32 Å². The molecule has 0 aromatic rings. The minimum atomic E-state index is -0.439. The topological polar surface area (TPSA) is 38.3 Å². The fourth-order valence-electron chi connectivity index (χ4n) is 2.09. The lowest BCUT2D eigenvalue weighted by atomic mass is 10.0. The van der Waals surface area contributed by atoms with Gasteiger partial charge in [-0.15, -0.1) is 0 Å². The Hall–Kier alpha value is -0.570. The predicted octanol–water partition coefficient (Wildman–Crippen LogP) is 2.11. The number of ether oxygens (including phenoxy) is 1. The van der Waals surface area contributed by atoms with Crippen LogP contribution >= 0.6 is 0 Å². The van der Waals surface area contributed by atoms with Crippen LogP contribution in [0.3, 0.4) is 0 Å². The van der Waals surface area contributed by atoms with Crippen molar-refractivity contribution in [2.75, 3.05) is 6.54 Å². The van der Waals surface area contributed by atoms with E-state index in [1.54, 1.807) is 0 Å². The molecule has 0 spiro atoms. The second-order valence-electron chi connectivity index (χ2n) is 5.21. The summed E-state index contributed by atoms with van der Waals surface area (Å²) in [6.45, 7) is 9.10. The first-order valence-electron chi connectivity index (χ1n) is 5.90. The molecular formula is C12H23NO2. The molecule has 2 unspecified atom stereocenters. The molecule has 1 saturated heterocycles. The Kier molecular flexibility index (Phi) is 4.14. The number of carbonyl (C=O) groups is 1. The molecular weight excluding hydrogens is 190 g/mol. The van der Waals surface area contributed by atoms with Gasteiger partial charge in [0, 0.05) is 0 Å². The van der Waals surface area contributed by atoms with Crippen LogP contribution in [0.1, 0.15) is 47.0 Å². The van der Waals surface area contributed by atoms with Gasteiger partial charge in [0.2, 0.25) is 0 Å². The van der Waals surface area contributed by atoms with Crippen LogP contribution in [0.25, 0.3) is 0 Å². The zero-order valence-corrected chi connectivity index (χ0v) is 10.3. The van der Waals surface area contributed by atoms with Crippen molar-refractivity contribution in [2.45, 2.75) is 58.6 Å². The second kappa shape index (κ2) is 4.97. The summed E-state index contributed by atoms with van der Waals surface area (Å²) in [5.41, 5.74) is -0.439. The van der Waals surface area contributed by atoms with E-state index in [-0.39, 0.29) is 12.1 Å². The van der Waals surface area contributed by atoms with E-state index in [4.69, 9.17) is 4.74 Å². The zero-order valence-electron chi connectivity index (χ0n) is 10.3. The summed E-state index contributed by atoms with van der Waals surface area (Å²) >= 11 is 0. The zero-order chi connectivity index (χ0) is 11.5. The van der Waals surface area contributed by atoms with Gasteiger partial charge in [-0.25, -0.2) is 0 Å². The number of hydrogen-bond acceptors (Lipinski definition) is 3. The lowest BCUT2D eigenvalue weighted by molar-refractivity contribution is -0.155. The van der Waals surface area contributed by atoms with Crippen LogP contribution in [0.4, 0.5) is 0 Å². The number of nitrogens with one attached hydrogen (secondary N) is 1. The van der Waals surface area contributed by atoms with E-state index in [1.165, 1.54) is 0 Å². The standard InChI is InChI=1S/C12H23NO2/c1-9(2)8-10(3)15-11(14)12(4)6-5-7-13-12/h9-10,13H,5-8H2,1-4H3. The van der Waals surface area contributed by atoms with Gasteiger partial charge in [0.25, 0.3) is 0 Å². The third-order valence-corrected chi connectivity index (χ3v) is 2.93. The molecule has 3 heteroatoms. The van der Waals surface area contributed by atoms with Gasteiger partial charge in [-0.2, -0.15) is 0 Å². The van der Waals surface area contributed by atoms with E-state index < -0.39 is 5.54 Å². The molecule has 88 valence electrons. The Morgan fingerprint density at radius 1 is 1.47 bits per heavy atom. The predicted molar refractivity (Wildman–Crippen MR) is 60.7 cm³/mol. The van der Waals surface area contributed by atoms with Crippen molar-refractivity contribution < 1.29 is 9.53 Å². The molecule has 1 aliphatic heterocycles. The van der Waals surface area contributed by atoms with Crippen LogP contribution in [0, 0.1) is 5.92 Å². The molecule has 1 aliphatic rings.